The molecule has 0 aromatic heterocycles. The van der Waals surface area contributed by atoms with Crippen LogP contribution in [0, 0.1) is 5.92 Å². The summed E-state index contributed by atoms with van der Waals surface area (Å²) < 4.78 is 0. The summed E-state index contributed by atoms with van der Waals surface area (Å²) in [4.78, 5) is 4.98. The lowest BCUT2D eigenvalue weighted by Gasteiger charge is -2.33. The first-order valence-electron chi connectivity index (χ1n) is 6.91. The summed E-state index contributed by atoms with van der Waals surface area (Å²) in [5.41, 5.74) is 1.14. The smallest absolute Gasteiger partial charge is 0.161 e. The number of rotatable bonds is 1. The average molecular weight is 295 g/mol. The van der Waals surface area contributed by atoms with Gasteiger partial charge in [0.1, 0.15) is 0 Å². The van der Waals surface area contributed by atoms with Gasteiger partial charge in [0.2, 0.25) is 0 Å². The fourth-order valence-corrected chi connectivity index (χ4v) is 4.44. The van der Waals surface area contributed by atoms with Crippen molar-refractivity contribution in [1.82, 2.24) is 0 Å². The van der Waals surface area contributed by atoms with Crippen LogP contribution in [-0.4, -0.2) is 16.5 Å². The Labute approximate surface area is 124 Å². The Morgan fingerprint density at radius 3 is 3.05 bits per heavy atom. The zero-order chi connectivity index (χ0) is 13.3. The molecule has 19 heavy (non-hydrogen) atoms. The first-order chi connectivity index (χ1) is 9.17. The predicted octanol–water partition coefficient (Wildman–Crippen LogP) is 4.80. The van der Waals surface area contributed by atoms with Gasteiger partial charge in [0.05, 0.1) is 16.2 Å². The van der Waals surface area contributed by atoms with E-state index in [0.29, 0.717) is 0 Å². The Morgan fingerprint density at radius 1 is 1.42 bits per heavy atom. The van der Waals surface area contributed by atoms with Crippen LogP contribution < -0.4 is 5.32 Å². The number of amidine groups is 1. The lowest BCUT2D eigenvalue weighted by molar-refractivity contribution is 0.266. The fourth-order valence-electron chi connectivity index (χ4n) is 3.09. The van der Waals surface area contributed by atoms with E-state index >= 15 is 0 Å². The average Bonchev–Trinajstić information content (AvgIpc) is 2.75. The molecule has 2 aliphatic rings. The summed E-state index contributed by atoms with van der Waals surface area (Å²) in [6.45, 7) is 2.35. The molecule has 2 atom stereocenters. The fraction of sp³-hybridized carbons (Fsp3) is 0.533. The number of thioether (sulfide) groups is 1. The molecule has 0 radical (unpaired) electrons. The maximum Gasteiger partial charge on any atom is 0.161 e. The van der Waals surface area contributed by atoms with Crippen LogP contribution in [0.5, 0.6) is 0 Å². The lowest BCUT2D eigenvalue weighted by atomic mass is 9.78. The molecular weight excluding hydrogens is 276 g/mol. The van der Waals surface area contributed by atoms with E-state index in [2.05, 4.69) is 12.2 Å². The maximum absolute atomic E-state index is 6.18. The Kier molecular flexibility index (Phi) is 3.77. The van der Waals surface area contributed by atoms with Gasteiger partial charge in [-0.25, -0.2) is 0 Å². The topological polar surface area (TPSA) is 24.4 Å². The molecule has 2 nitrogen and oxygen atoms in total. The molecule has 1 fully saturated rings. The molecule has 0 bridgehead atoms. The molecule has 0 amide bonds. The second-order valence-corrected chi connectivity index (χ2v) is 7.11. The molecule has 1 N–H and O–H groups in total. The van der Waals surface area contributed by atoms with Crippen molar-refractivity contribution in [2.45, 2.75) is 38.1 Å². The molecule has 1 aliphatic carbocycles. The molecular formula is C15H19ClN2S. The molecule has 1 aromatic carbocycles. The van der Waals surface area contributed by atoms with Gasteiger partial charge in [0.25, 0.3) is 0 Å². The van der Waals surface area contributed by atoms with E-state index in [9.17, 15) is 0 Å². The van der Waals surface area contributed by atoms with Crippen LogP contribution in [0.2, 0.25) is 5.02 Å². The Hall–Kier alpha value is -0.670. The van der Waals surface area contributed by atoms with Gasteiger partial charge in [0.15, 0.2) is 5.17 Å². The van der Waals surface area contributed by atoms with Gasteiger partial charge in [-0.3, -0.25) is 4.99 Å². The van der Waals surface area contributed by atoms with Gasteiger partial charge in [0, 0.05) is 5.75 Å². The number of hydrogen-bond acceptors (Lipinski definition) is 3. The van der Waals surface area contributed by atoms with Gasteiger partial charge >= 0.3 is 0 Å². The SMILES string of the molecule is CC1CCCC2(CSC(Nc3ccccc3Cl)=N2)C1. The van der Waals surface area contributed by atoms with Gasteiger partial charge in [-0.15, -0.1) is 0 Å². The van der Waals surface area contributed by atoms with Crippen LogP contribution in [0.1, 0.15) is 32.6 Å². The minimum absolute atomic E-state index is 0.186. The third-order valence-electron chi connectivity index (χ3n) is 4.00. The van der Waals surface area contributed by atoms with Crippen LogP contribution in [0.4, 0.5) is 5.69 Å². The number of aliphatic imine (C=N–C) groups is 1. The van der Waals surface area contributed by atoms with Crippen molar-refractivity contribution in [2.24, 2.45) is 10.9 Å². The van der Waals surface area contributed by atoms with E-state index in [0.717, 1.165) is 27.5 Å². The molecule has 1 saturated carbocycles. The molecule has 1 heterocycles. The summed E-state index contributed by atoms with van der Waals surface area (Å²) >= 11 is 8.01. The number of anilines is 1. The highest BCUT2D eigenvalue weighted by Crippen LogP contribution is 2.42. The zero-order valence-corrected chi connectivity index (χ0v) is 12.7. The summed E-state index contributed by atoms with van der Waals surface area (Å²) in [6.07, 6.45) is 5.13. The maximum atomic E-state index is 6.18. The Balaban J connectivity index is 1.75. The van der Waals surface area contributed by atoms with Crippen LogP contribution in [0.15, 0.2) is 29.3 Å². The van der Waals surface area contributed by atoms with Crippen LogP contribution in [0.25, 0.3) is 0 Å². The van der Waals surface area contributed by atoms with Crippen molar-refractivity contribution in [3.63, 3.8) is 0 Å². The van der Waals surface area contributed by atoms with Gasteiger partial charge < -0.3 is 5.32 Å². The first-order valence-corrected chi connectivity index (χ1v) is 8.27. The van der Waals surface area contributed by atoms with E-state index in [1.165, 1.54) is 25.7 Å². The molecule has 1 spiro atoms. The monoisotopic (exact) mass is 294 g/mol. The van der Waals surface area contributed by atoms with Crippen LogP contribution in [0.3, 0.4) is 0 Å². The third-order valence-corrected chi connectivity index (χ3v) is 5.48. The number of nitrogens with zero attached hydrogens (tertiary/aromatic N) is 1. The van der Waals surface area contributed by atoms with E-state index in [1.807, 2.05) is 36.0 Å². The first kappa shape index (κ1) is 13.3. The Morgan fingerprint density at radius 2 is 2.26 bits per heavy atom. The molecule has 1 aliphatic heterocycles. The number of nitrogens with one attached hydrogen (secondary N) is 1. The summed E-state index contributed by atoms with van der Waals surface area (Å²) in [5, 5.41) is 5.16. The van der Waals surface area contributed by atoms with Crippen molar-refractivity contribution in [1.29, 1.82) is 0 Å². The van der Waals surface area contributed by atoms with Crippen molar-refractivity contribution in [3.8, 4) is 0 Å². The molecule has 2 unspecified atom stereocenters. The normalized spacial score (nSPS) is 30.4. The number of para-hydroxylation sites is 1. The Bertz CT molecular complexity index is 503. The minimum atomic E-state index is 0.186. The highest BCUT2D eigenvalue weighted by Gasteiger charge is 2.39. The highest BCUT2D eigenvalue weighted by atomic mass is 35.5. The molecule has 102 valence electrons. The standard InChI is InChI=1S/C15H19ClN2S/c1-11-5-4-8-15(9-11)10-19-14(18-15)17-13-7-3-2-6-12(13)16/h2-3,6-7,11H,4-5,8-10H2,1H3,(H,17,18). The summed E-state index contributed by atoms with van der Waals surface area (Å²) in [5.74, 6) is 1.92. The molecule has 1 aromatic rings. The lowest BCUT2D eigenvalue weighted by Crippen LogP contribution is -2.33. The van der Waals surface area contributed by atoms with Crippen LogP contribution >= 0.6 is 23.4 Å². The summed E-state index contributed by atoms with van der Waals surface area (Å²) in [7, 11) is 0. The van der Waals surface area contributed by atoms with Crippen molar-refractivity contribution >= 4 is 34.2 Å². The number of hydrogen-bond donors (Lipinski definition) is 1. The second-order valence-electron chi connectivity index (χ2n) is 5.74. The van der Waals surface area contributed by atoms with E-state index in [1.54, 1.807) is 0 Å². The molecule has 0 saturated heterocycles. The number of benzene rings is 1. The second kappa shape index (κ2) is 5.37. The van der Waals surface area contributed by atoms with Crippen molar-refractivity contribution in [2.75, 3.05) is 11.1 Å². The molecule has 3 rings (SSSR count). The van der Waals surface area contributed by atoms with Gasteiger partial charge in [-0.2, -0.15) is 0 Å². The van der Waals surface area contributed by atoms with Crippen LogP contribution in [-0.2, 0) is 0 Å². The van der Waals surface area contributed by atoms with Gasteiger partial charge in [-0.1, -0.05) is 55.3 Å². The highest BCUT2D eigenvalue weighted by molar-refractivity contribution is 8.14. The van der Waals surface area contributed by atoms with E-state index in [-0.39, 0.29) is 5.54 Å². The minimum Gasteiger partial charge on any atom is -0.334 e. The summed E-state index contributed by atoms with van der Waals surface area (Å²) in [6, 6.07) is 7.84. The van der Waals surface area contributed by atoms with E-state index in [4.69, 9.17) is 16.6 Å². The molecule has 4 heteroatoms. The van der Waals surface area contributed by atoms with Crippen molar-refractivity contribution < 1.29 is 0 Å². The zero-order valence-electron chi connectivity index (χ0n) is 11.2. The largest absolute Gasteiger partial charge is 0.334 e. The predicted molar refractivity (Wildman–Crippen MR) is 85.3 cm³/mol. The van der Waals surface area contributed by atoms with E-state index < -0.39 is 0 Å². The van der Waals surface area contributed by atoms with Gasteiger partial charge in [-0.05, 0) is 30.9 Å². The quantitative estimate of drug-likeness (QED) is 0.804. The number of halogens is 1. The van der Waals surface area contributed by atoms with Crippen molar-refractivity contribution in [3.05, 3.63) is 29.3 Å². The third kappa shape index (κ3) is 2.92.